The van der Waals surface area contributed by atoms with E-state index in [1.807, 2.05) is 36.1 Å². The minimum absolute atomic E-state index is 0.0729. The maximum absolute atomic E-state index is 14.1. The molecule has 0 bridgehead atoms. The van der Waals surface area contributed by atoms with Gasteiger partial charge in [-0.3, -0.25) is 0 Å². The van der Waals surface area contributed by atoms with E-state index < -0.39 is 0 Å². The molecule has 2 rings (SSSR count). The van der Waals surface area contributed by atoms with Gasteiger partial charge in [-0.1, -0.05) is 18.2 Å². The van der Waals surface area contributed by atoms with Crippen LogP contribution in [0.1, 0.15) is 18.5 Å². The molecule has 0 aliphatic carbocycles. The van der Waals surface area contributed by atoms with Crippen molar-refractivity contribution in [3.8, 4) is 0 Å². The number of hydrogen-bond acceptors (Lipinski definition) is 2. The van der Waals surface area contributed by atoms with Crippen molar-refractivity contribution in [1.29, 1.82) is 0 Å². The Kier molecular flexibility index (Phi) is 5.79. The third-order valence-electron chi connectivity index (χ3n) is 3.43. The minimum atomic E-state index is -0.228. The van der Waals surface area contributed by atoms with Gasteiger partial charge in [-0.05, 0) is 68.6 Å². The normalized spacial score (nSPS) is 12.2. The van der Waals surface area contributed by atoms with E-state index in [2.05, 4.69) is 31.9 Å². The number of nitrogens with two attached hydrogens (primary N) is 1. The van der Waals surface area contributed by atoms with Gasteiger partial charge in [0.1, 0.15) is 5.82 Å². The van der Waals surface area contributed by atoms with E-state index in [1.165, 1.54) is 6.07 Å². The molecular weight excluding hydrogens is 399 g/mol. The van der Waals surface area contributed by atoms with Crippen LogP contribution in [0.4, 0.5) is 10.1 Å². The van der Waals surface area contributed by atoms with Crippen LogP contribution in [-0.4, -0.2) is 13.1 Å². The first-order valence-electron chi connectivity index (χ1n) is 6.74. The standard InChI is InChI=1S/C16H17Br2FN2/c1-2-21(15-6-4-3-5-14(15)19)16(10-20)11-7-8-12(17)13(18)9-11/h3-9,16H,2,10,20H2,1H3. The van der Waals surface area contributed by atoms with Crippen LogP contribution < -0.4 is 10.6 Å². The van der Waals surface area contributed by atoms with E-state index >= 15 is 0 Å². The summed E-state index contributed by atoms with van der Waals surface area (Å²) in [6, 6.07) is 12.7. The van der Waals surface area contributed by atoms with Crippen molar-refractivity contribution >= 4 is 37.5 Å². The van der Waals surface area contributed by atoms with Gasteiger partial charge in [-0.25, -0.2) is 4.39 Å². The largest absolute Gasteiger partial charge is 0.361 e. The molecule has 0 aliphatic rings. The Morgan fingerprint density at radius 2 is 1.86 bits per heavy atom. The van der Waals surface area contributed by atoms with Crippen LogP contribution in [0.2, 0.25) is 0 Å². The molecule has 112 valence electrons. The summed E-state index contributed by atoms with van der Waals surface area (Å²) in [5.74, 6) is -0.228. The Labute approximate surface area is 141 Å². The molecule has 0 saturated carbocycles. The molecule has 2 nitrogen and oxygen atoms in total. The third kappa shape index (κ3) is 3.65. The average Bonchev–Trinajstić information content (AvgIpc) is 2.49. The van der Waals surface area contributed by atoms with Crippen LogP contribution in [0.3, 0.4) is 0 Å². The van der Waals surface area contributed by atoms with Gasteiger partial charge in [0.2, 0.25) is 0 Å². The van der Waals surface area contributed by atoms with Crippen LogP contribution in [0, 0.1) is 5.82 Å². The molecule has 2 aromatic carbocycles. The molecular formula is C16H17Br2FN2. The summed E-state index contributed by atoms with van der Waals surface area (Å²) in [7, 11) is 0. The lowest BCUT2D eigenvalue weighted by molar-refractivity contribution is 0.588. The van der Waals surface area contributed by atoms with E-state index in [-0.39, 0.29) is 11.9 Å². The first kappa shape index (κ1) is 16.5. The molecule has 1 atom stereocenters. The number of halogens is 3. The SMILES string of the molecule is CCN(c1ccccc1F)C(CN)c1ccc(Br)c(Br)c1. The zero-order valence-corrected chi connectivity index (χ0v) is 14.9. The molecule has 0 heterocycles. The van der Waals surface area contributed by atoms with Gasteiger partial charge in [0, 0.05) is 22.0 Å². The highest BCUT2D eigenvalue weighted by atomic mass is 79.9. The number of anilines is 1. The molecule has 2 aromatic rings. The second-order valence-corrected chi connectivity index (χ2v) is 6.37. The summed E-state index contributed by atoms with van der Waals surface area (Å²) in [5.41, 5.74) is 7.60. The van der Waals surface area contributed by atoms with Crippen LogP contribution in [0.15, 0.2) is 51.4 Å². The molecule has 0 fully saturated rings. The predicted molar refractivity (Wildman–Crippen MR) is 93.1 cm³/mol. The molecule has 5 heteroatoms. The Morgan fingerprint density at radius 1 is 1.14 bits per heavy atom. The molecule has 0 radical (unpaired) electrons. The van der Waals surface area contributed by atoms with Crippen molar-refractivity contribution in [2.45, 2.75) is 13.0 Å². The van der Waals surface area contributed by atoms with E-state index in [0.717, 1.165) is 14.5 Å². The Bertz CT molecular complexity index is 619. The first-order chi connectivity index (χ1) is 10.1. The molecule has 0 saturated heterocycles. The second-order valence-electron chi connectivity index (χ2n) is 4.66. The number of benzene rings is 2. The highest BCUT2D eigenvalue weighted by Crippen LogP contribution is 2.32. The summed E-state index contributed by atoms with van der Waals surface area (Å²) >= 11 is 6.96. The first-order valence-corrected chi connectivity index (χ1v) is 8.33. The van der Waals surface area contributed by atoms with Gasteiger partial charge in [-0.15, -0.1) is 0 Å². The van der Waals surface area contributed by atoms with Gasteiger partial charge >= 0.3 is 0 Å². The van der Waals surface area contributed by atoms with Crippen LogP contribution in [-0.2, 0) is 0 Å². The van der Waals surface area contributed by atoms with Gasteiger partial charge < -0.3 is 10.6 Å². The minimum Gasteiger partial charge on any atom is -0.361 e. The van der Waals surface area contributed by atoms with Crippen molar-refractivity contribution in [1.82, 2.24) is 0 Å². The quantitative estimate of drug-likeness (QED) is 0.754. The van der Waals surface area contributed by atoms with Gasteiger partial charge in [0.25, 0.3) is 0 Å². The molecule has 0 spiro atoms. The number of rotatable bonds is 5. The molecule has 21 heavy (non-hydrogen) atoms. The monoisotopic (exact) mass is 414 g/mol. The maximum Gasteiger partial charge on any atom is 0.146 e. The lowest BCUT2D eigenvalue weighted by Gasteiger charge is -2.32. The van der Waals surface area contributed by atoms with Crippen LogP contribution in [0.5, 0.6) is 0 Å². The number of nitrogens with zero attached hydrogens (tertiary/aromatic N) is 1. The predicted octanol–water partition coefficient (Wildman–Crippen LogP) is 4.88. The van der Waals surface area contributed by atoms with Crippen molar-refractivity contribution in [3.63, 3.8) is 0 Å². The molecule has 2 N–H and O–H groups in total. The van der Waals surface area contributed by atoms with Crippen molar-refractivity contribution in [2.75, 3.05) is 18.0 Å². The lowest BCUT2D eigenvalue weighted by atomic mass is 10.0. The highest BCUT2D eigenvalue weighted by molar-refractivity contribution is 9.13. The average molecular weight is 416 g/mol. The van der Waals surface area contributed by atoms with Crippen molar-refractivity contribution in [2.24, 2.45) is 5.73 Å². The van der Waals surface area contributed by atoms with Gasteiger partial charge in [0.15, 0.2) is 0 Å². The Hall–Kier alpha value is -0.910. The van der Waals surface area contributed by atoms with Crippen molar-refractivity contribution < 1.29 is 4.39 Å². The van der Waals surface area contributed by atoms with E-state index in [9.17, 15) is 4.39 Å². The van der Waals surface area contributed by atoms with Gasteiger partial charge in [0.05, 0.1) is 11.7 Å². The number of hydrogen-bond donors (Lipinski definition) is 1. The topological polar surface area (TPSA) is 29.3 Å². The van der Waals surface area contributed by atoms with E-state index in [4.69, 9.17) is 5.73 Å². The van der Waals surface area contributed by atoms with Gasteiger partial charge in [-0.2, -0.15) is 0 Å². The zero-order valence-electron chi connectivity index (χ0n) is 11.7. The highest BCUT2D eigenvalue weighted by Gasteiger charge is 2.21. The molecule has 0 amide bonds. The molecule has 0 aromatic heterocycles. The van der Waals surface area contributed by atoms with Crippen LogP contribution in [0.25, 0.3) is 0 Å². The fraction of sp³-hybridized carbons (Fsp3) is 0.250. The Morgan fingerprint density at radius 3 is 2.43 bits per heavy atom. The maximum atomic E-state index is 14.1. The zero-order chi connectivity index (χ0) is 15.4. The fourth-order valence-corrected chi connectivity index (χ4v) is 3.05. The summed E-state index contributed by atoms with van der Waals surface area (Å²) in [4.78, 5) is 1.99. The summed E-state index contributed by atoms with van der Waals surface area (Å²) in [5, 5.41) is 0. The Balaban J connectivity index is 2.42. The third-order valence-corrected chi connectivity index (χ3v) is 5.31. The summed E-state index contributed by atoms with van der Waals surface area (Å²) < 4.78 is 16.0. The lowest BCUT2D eigenvalue weighted by Crippen LogP contribution is -2.34. The number of likely N-dealkylation sites (N-methyl/N-ethyl adjacent to an activating group) is 1. The molecule has 1 unspecified atom stereocenters. The summed E-state index contributed by atoms with van der Waals surface area (Å²) in [6.07, 6.45) is 0. The second kappa shape index (κ2) is 7.38. The summed E-state index contributed by atoms with van der Waals surface area (Å²) in [6.45, 7) is 3.09. The van der Waals surface area contributed by atoms with E-state index in [1.54, 1.807) is 12.1 Å². The molecule has 0 aliphatic heterocycles. The fourth-order valence-electron chi connectivity index (χ4n) is 2.41. The van der Waals surface area contributed by atoms with E-state index in [0.29, 0.717) is 18.8 Å². The van der Waals surface area contributed by atoms with Crippen molar-refractivity contribution in [3.05, 3.63) is 62.8 Å². The van der Waals surface area contributed by atoms with Crippen LogP contribution >= 0.6 is 31.9 Å². The smallest absolute Gasteiger partial charge is 0.146 e. The number of para-hydroxylation sites is 1.